The first-order valence-electron chi connectivity index (χ1n) is 10.5. The molecule has 0 bridgehead atoms. The number of rotatable bonds is 1. The maximum Gasteiger partial charge on any atom is 0.331 e. The first kappa shape index (κ1) is 16.8. The first-order chi connectivity index (χ1) is 12.4. The van der Waals surface area contributed by atoms with Crippen molar-refractivity contribution in [3.8, 4) is 0 Å². The van der Waals surface area contributed by atoms with E-state index in [1.165, 1.54) is 44.1 Å². The van der Waals surface area contributed by atoms with Crippen LogP contribution in [0.15, 0.2) is 22.8 Å². The number of allylic oxidation sites excluding steroid dienone is 2. The van der Waals surface area contributed by atoms with Crippen LogP contribution in [0.1, 0.15) is 71.6 Å². The maximum absolute atomic E-state index is 12.0. The molecule has 140 valence electrons. The fourth-order valence-corrected chi connectivity index (χ4v) is 7.47. The van der Waals surface area contributed by atoms with Crippen molar-refractivity contribution < 1.29 is 14.3 Å². The first-order valence-corrected chi connectivity index (χ1v) is 10.5. The van der Waals surface area contributed by atoms with Gasteiger partial charge >= 0.3 is 5.97 Å². The van der Waals surface area contributed by atoms with Crippen molar-refractivity contribution in [1.82, 2.24) is 0 Å². The average Bonchev–Trinajstić information content (AvgIpc) is 3.18. The molecule has 3 nitrogen and oxygen atoms in total. The van der Waals surface area contributed by atoms with Crippen LogP contribution >= 0.6 is 0 Å². The minimum absolute atomic E-state index is 0.154. The molecule has 0 aromatic heterocycles. The van der Waals surface area contributed by atoms with Crippen molar-refractivity contribution in [2.45, 2.75) is 71.6 Å². The molecule has 26 heavy (non-hydrogen) atoms. The van der Waals surface area contributed by atoms with E-state index in [-0.39, 0.29) is 11.4 Å². The summed E-state index contributed by atoms with van der Waals surface area (Å²) in [5.74, 6) is 2.10. The molecule has 5 atom stereocenters. The van der Waals surface area contributed by atoms with E-state index in [2.05, 4.69) is 13.8 Å². The molecule has 0 radical (unpaired) electrons. The zero-order valence-corrected chi connectivity index (χ0v) is 16.1. The van der Waals surface area contributed by atoms with Crippen LogP contribution in [-0.4, -0.2) is 18.4 Å². The molecule has 0 spiro atoms. The zero-order valence-electron chi connectivity index (χ0n) is 16.1. The third-order valence-electron chi connectivity index (χ3n) is 8.94. The molecule has 5 aliphatic rings. The highest BCUT2D eigenvalue weighted by Crippen LogP contribution is 2.65. The van der Waals surface area contributed by atoms with Crippen LogP contribution < -0.4 is 0 Å². The van der Waals surface area contributed by atoms with Gasteiger partial charge in [0.2, 0.25) is 0 Å². The second-order valence-electron chi connectivity index (χ2n) is 9.91. The van der Waals surface area contributed by atoms with Crippen molar-refractivity contribution in [3.63, 3.8) is 0 Å². The quantitative estimate of drug-likeness (QED) is 0.503. The summed E-state index contributed by atoms with van der Waals surface area (Å²) in [7, 11) is 0. The van der Waals surface area contributed by atoms with E-state index in [4.69, 9.17) is 4.74 Å². The SMILES string of the molecule is C[C@]12CCC(=O)C[C@H]1CCC1=C3CC[C@H](C4=CC(=O)OC4)[C@@]3(C)CC[C@@H]12. The third-order valence-corrected chi connectivity index (χ3v) is 8.94. The summed E-state index contributed by atoms with van der Waals surface area (Å²) in [6, 6.07) is 0. The minimum Gasteiger partial charge on any atom is -0.458 e. The van der Waals surface area contributed by atoms with Gasteiger partial charge in [-0.3, -0.25) is 4.79 Å². The lowest BCUT2D eigenvalue weighted by Crippen LogP contribution is -2.47. The number of hydrogen-bond acceptors (Lipinski definition) is 3. The van der Waals surface area contributed by atoms with E-state index in [1.807, 2.05) is 0 Å². The molecule has 1 aliphatic heterocycles. The topological polar surface area (TPSA) is 43.4 Å². The van der Waals surface area contributed by atoms with Gasteiger partial charge in [-0.1, -0.05) is 25.0 Å². The Labute approximate surface area is 156 Å². The molecular formula is C23H30O3. The Morgan fingerprint density at radius 1 is 1.00 bits per heavy atom. The Morgan fingerprint density at radius 2 is 1.85 bits per heavy atom. The molecule has 1 heterocycles. The second kappa shape index (κ2) is 5.56. The number of ether oxygens (including phenoxy) is 1. The summed E-state index contributed by atoms with van der Waals surface area (Å²) < 4.78 is 5.23. The molecule has 0 saturated heterocycles. The third kappa shape index (κ3) is 2.18. The van der Waals surface area contributed by atoms with Gasteiger partial charge in [-0.05, 0) is 79.1 Å². The summed E-state index contributed by atoms with van der Waals surface area (Å²) in [4.78, 5) is 23.6. The lowest BCUT2D eigenvalue weighted by atomic mass is 9.49. The van der Waals surface area contributed by atoms with E-state index in [0.29, 0.717) is 35.6 Å². The summed E-state index contributed by atoms with van der Waals surface area (Å²) in [5.41, 5.74) is 5.25. The summed E-state index contributed by atoms with van der Waals surface area (Å²) in [6.07, 6.45) is 11.7. The largest absolute Gasteiger partial charge is 0.458 e. The monoisotopic (exact) mass is 354 g/mol. The van der Waals surface area contributed by atoms with Crippen LogP contribution in [0.5, 0.6) is 0 Å². The van der Waals surface area contributed by atoms with Gasteiger partial charge in [0.25, 0.3) is 0 Å². The Balaban J connectivity index is 1.51. The average molecular weight is 354 g/mol. The highest BCUT2D eigenvalue weighted by molar-refractivity contribution is 5.85. The van der Waals surface area contributed by atoms with Crippen molar-refractivity contribution in [2.24, 2.45) is 28.6 Å². The molecule has 0 amide bonds. The highest BCUT2D eigenvalue weighted by Gasteiger charge is 2.55. The molecule has 3 heteroatoms. The molecular weight excluding hydrogens is 324 g/mol. The van der Waals surface area contributed by atoms with Gasteiger partial charge in [-0.25, -0.2) is 4.79 Å². The van der Waals surface area contributed by atoms with Gasteiger partial charge in [-0.15, -0.1) is 0 Å². The number of ketones is 1. The van der Waals surface area contributed by atoms with Crippen LogP contribution in [0.2, 0.25) is 0 Å². The molecule has 0 unspecified atom stereocenters. The van der Waals surface area contributed by atoms with Crippen molar-refractivity contribution in [1.29, 1.82) is 0 Å². The van der Waals surface area contributed by atoms with Gasteiger partial charge in [0.15, 0.2) is 0 Å². The molecule has 3 saturated carbocycles. The van der Waals surface area contributed by atoms with Crippen LogP contribution in [-0.2, 0) is 14.3 Å². The van der Waals surface area contributed by atoms with Gasteiger partial charge in [0.05, 0.1) is 0 Å². The Morgan fingerprint density at radius 3 is 2.62 bits per heavy atom. The summed E-state index contributed by atoms with van der Waals surface area (Å²) >= 11 is 0. The Hall–Kier alpha value is -1.38. The van der Waals surface area contributed by atoms with E-state index >= 15 is 0 Å². The predicted molar refractivity (Wildman–Crippen MR) is 99.3 cm³/mol. The molecule has 0 aromatic carbocycles. The van der Waals surface area contributed by atoms with Gasteiger partial charge in [-0.2, -0.15) is 0 Å². The standard InChI is InChI=1S/C23H30O3/c1-22-9-7-16(24)12-15(22)3-4-17-19-6-5-18(14-11-21(25)26-13-14)23(19,2)10-8-20(17)22/h11,15,18,20H,3-10,12-13H2,1-2H3/t15-,18-,20+,22+,23-/m1/s1. The van der Waals surface area contributed by atoms with Gasteiger partial charge < -0.3 is 4.74 Å². The number of cyclic esters (lactones) is 1. The van der Waals surface area contributed by atoms with Crippen LogP contribution in [0, 0.1) is 28.6 Å². The number of esters is 1. The predicted octanol–water partition coefficient (Wildman–Crippen LogP) is 4.76. The lowest BCUT2D eigenvalue weighted by molar-refractivity contribution is -0.135. The fourth-order valence-electron chi connectivity index (χ4n) is 7.47. The molecule has 3 fully saturated rings. The number of carbonyl (C=O) groups excluding carboxylic acids is 2. The fraction of sp³-hybridized carbons (Fsp3) is 0.739. The smallest absolute Gasteiger partial charge is 0.331 e. The van der Waals surface area contributed by atoms with E-state index in [9.17, 15) is 9.59 Å². The summed E-state index contributed by atoms with van der Waals surface area (Å²) in [5, 5.41) is 0. The number of carbonyl (C=O) groups is 2. The second-order valence-corrected chi connectivity index (χ2v) is 9.91. The van der Waals surface area contributed by atoms with Crippen molar-refractivity contribution in [3.05, 3.63) is 22.8 Å². The van der Waals surface area contributed by atoms with Crippen LogP contribution in [0.4, 0.5) is 0 Å². The van der Waals surface area contributed by atoms with Crippen LogP contribution in [0.3, 0.4) is 0 Å². The van der Waals surface area contributed by atoms with Crippen molar-refractivity contribution >= 4 is 11.8 Å². The minimum atomic E-state index is -0.154. The lowest BCUT2D eigenvalue weighted by Gasteiger charge is -2.55. The molecule has 5 rings (SSSR count). The highest BCUT2D eigenvalue weighted by atomic mass is 16.5. The maximum atomic E-state index is 12.0. The Kier molecular flexibility index (Phi) is 3.59. The van der Waals surface area contributed by atoms with Crippen molar-refractivity contribution in [2.75, 3.05) is 6.61 Å². The number of Topliss-reactive ketones (excluding diaryl/α,β-unsaturated/α-hetero) is 1. The normalized spacial score (nSPS) is 45.0. The summed E-state index contributed by atoms with van der Waals surface area (Å²) in [6.45, 7) is 5.44. The zero-order chi connectivity index (χ0) is 18.1. The Bertz CT molecular complexity index is 745. The number of hydrogen-bond donors (Lipinski definition) is 0. The van der Waals surface area contributed by atoms with E-state index < -0.39 is 0 Å². The van der Waals surface area contributed by atoms with Gasteiger partial charge in [0, 0.05) is 18.9 Å². The van der Waals surface area contributed by atoms with Gasteiger partial charge in [0.1, 0.15) is 12.4 Å². The molecule has 0 N–H and O–H groups in total. The van der Waals surface area contributed by atoms with Crippen LogP contribution in [0.25, 0.3) is 0 Å². The van der Waals surface area contributed by atoms with E-state index in [0.717, 1.165) is 19.3 Å². The molecule has 0 aromatic rings. The molecule has 4 aliphatic carbocycles. The number of fused-ring (bicyclic) bond motifs is 4. The van der Waals surface area contributed by atoms with E-state index in [1.54, 1.807) is 17.2 Å².